The highest BCUT2D eigenvalue weighted by molar-refractivity contribution is 5.92. The summed E-state index contributed by atoms with van der Waals surface area (Å²) in [5.74, 6) is -0.456. The molecule has 2 unspecified atom stereocenters. The molecule has 7 heteroatoms. The fourth-order valence-electron chi connectivity index (χ4n) is 3.91. The van der Waals surface area contributed by atoms with Gasteiger partial charge in [0.2, 0.25) is 11.8 Å². The van der Waals surface area contributed by atoms with E-state index in [2.05, 4.69) is 17.6 Å². The Morgan fingerprint density at radius 1 is 1.18 bits per heavy atom. The number of amides is 3. The van der Waals surface area contributed by atoms with Crippen LogP contribution in [0.2, 0.25) is 0 Å². The van der Waals surface area contributed by atoms with E-state index in [0.29, 0.717) is 6.54 Å². The van der Waals surface area contributed by atoms with Gasteiger partial charge in [0.25, 0.3) is 0 Å². The van der Waals surface area contributed by atoms with Crippen LogP contribution >= 0.6 is 0 Å². The molecule has 1 aliphatic carbocycles. The molecule has 3 amide bonds. The van der Waals surface area contributed by atoms with Gasteiger partial charge in [0.1, 0.15) is 17.7 Å². The summed E-state index contributed by atoms with van der Waals surface area (Å²) in [5.41, 5.74) is 1.15. The largest absolute Gasteiger partial charge is 0.444 e. The number of rotatable bonds is 10. The lowest BCUT2D eigenvalue weighted by Crippen LogP contribution is -2.56. The van der Waals surface area contributed by atoms with Crippen LogP contribution in [0.25, 0.3) is 0 Å². The molecular weight excluding hydrogens is 418 g/mol. The van der Waals surface area contributed by atoms with E-state index in [1.807, 2.05) is 31.2 Å². The number of nitrogens with zero attached hydrogens (tertiary/aromatic N) is 1. The molecular formula is C26H41N3O4. The first-order chi connectivity index (χ1) is 15.5. The summed E-state index contributed by atoms with van der Waals surface area (Å²) in [7, 11) is 0. The summed E-state index contributed by atoms with van der Waals surface area (Å²) < 4.78 is 5.32. The van der Waals surface area contributed by atoms with Gasteiger partial charge in [-0.25, -0.2) is 4.79 Å². The second kappa shape index (κ2) is 12.1. The lowest BCUT2D eigenvalue weighted by Gasteiger charge is -2.43. The number of unbranched alkanes of at least 4 members (excludes halogenated alkanes) is 2. The standard InChI is InChI=1S/C26H41N3O4/c1-7-8-9-16-27-23(30)22(20-13-10-12-18(2)17-20)29(21-14-11-15-21)24(31)19(3)28-25(32)33-26(4,5)6/h10,12-13,17,19,21-22H,7-9,11,14-16H2,1-6H3,(H,27,30)(H,28,32). The maximum atomic E-state index is 13.6. The number of aryl methyl sites for hydroxylation is 1. The second-order valence-electron chi connectivity index (χ2n) is 10.0. The van der Waals surface area contributed by atoms with Crippen molar-refractivity contribution in [3.8, 4) is 0 Å². The molecule has 2 atom stereocenters. The molecule has 0 radical (unpaired) electrons. The molecule has 2 rings (SSSR count). The van der Waals surface area contributed by atoms with Crippen LogP contribution in [0.4, 0.5) is 4.79 Å². The van der Waals surface area contributed by atoms with Gasteiger partial charge < -0.3 is 20.3 Å². The van der Waals surface area contributed by atoms with E-state index >= 15 is 0 Å². The van der Waals surface area contributed by atoms with Crippen molar-refractivity contribution in [3.63, 3.8) is 0 Å². The lowest BCUT2D eigenvalue weighted by atomic mass is 9.88. The quantitative estimate of drug-likeness (QED) is 0.499. The first-order valence-electron chi connectivity index (χ1n) is 12.2. The van der Waals surface area contributed by atoms with Crippen molar-refractivity contribution in [1.82, 2.24) is 15.5 Å². The highest BCUT2D eigenvalue weighted by atomic mass is 16.6. The third-order valence-electron chi connectivity index (χ3n) is 5.79. The number of carbonyl (C=O) groups is 3. The van der Waals surface area contributed by atoms with E-state index in [0.717, 1.165) is 49.7 Å². The summed E-state index contributed by atoms with van der Waals surface area (Å²) in [6.07, 6.45) is 5.06. The number of hydrogen-bond acceptors (Lipinski definition) is 4. The van der Waals surface area contributed by atoms with E-state index in [1.165, 1.54) is 0 Å². The molecule has 0 aliphatic heterocycles. The number of carbonyl (C=O) groups excluding carboxylic acids is 3. The molecule has 1 fully saturated rings. The molecule has 33 heavy (non-hydrogen) atoms. The predicted molar refractivity (Wildman–Crippen MR) is 130 cm³/mol. The topological polar surface area (TPSA) is 87.7 Å². The Morgan fingerprint density at radius 2 is 1.88 bits per heavy atom. The zero-order chi connectivity index (χ0) is 24.6. The Balaban J connectivity index is 2.30. The summed E-state index contributed by atoms with van der Waals surface area (Å²) in [4.78, 5) is 41.0. The molecule has 7 nitrogen and oxygen atoms in total. The fourth-order valence-corrected chi connectivity index (χ4v) is 3.91. The van der Waals surface area contributed by atoms with Gasteiger partial charge in [0, 0.05) is 12.6 Å². The SMILES string of the molecule is CCCCCNC(=O)C(c1cccc(C)c1)N(C(=O)C(C)NC(=O)OC(C)(C)C)C1CCC1. The highest BCUT2D eigenvalue weighted by Gasteiger charge is 2.40. The summed E-state index contributed by atoms with van der Waals surface area (Å²) in [6, 6.07) is 6.14. The Kier molecular flexibility index (Phi) is 9.74. The van der Waals surface area contributed by atoms with Gasteiger partial charge in [-0.2, -0.15) is 0 Å². The van der Waals surface area contributed by atoms with Crippen molar-refractivity contribution in [3.05, 3.63) is 35.4 Å². The molecule has 0 bridgehead atoms. The zero-order valence-electron chi connectivity index (χ0n) is 21.1. The van der Waals surface area contributed by atoms with E-state index in [-0.39, 0.29) is 17.9 Å². The third kappa shape index (κ3) is 8.06. The maximum Gasteiger partial charge on any atom is 0.408 e. The van der Waals surface area contributed by atoms with Crippen molar-refractivity contribution in [1.29, 1.82) is 0 Å². The van der Waals surface area contributed by atoms with Crippen molar-refractivity contribution < 1.29 is 19.1 Å². The normalized spacial score (nSPS) is 15.7. The molecule has 184 valence electrons. The average Bonchev–Trinajstić information content (AvgIpc) is 2.67. The number of ether oxygens (including phenoxy) is 1. The van der Waals surface area contributed by atoms with Gasteiger partial charge in [-0.3, -0.25) is 9.59 Å². The van der Waals surface area contributed by atoms with Crippen molar-refractivity contribution in [2.75, 3.05) is 6.54 Å². The number of benzene rings is 1. The van der Waals surface area contributed by atoms with Crippen molar-refractivity contribution >= 4 is 17.9 Å². The number of hydrogen-bond donors (Lipinski definition) is 2. The van der Waals surface area contributed by atoms with E-state index in [4.69, 9.17) is 4.74 Å². The number of alkyl carbamates (subject to hydrolysis) is 1. The Bertz CT molecular complexity index is 814. The third-order valence-corrected chi connectivity index (χ3v) is 5.79. The molecule has 1 saturated carbocycles. The van der Waals surface area contributed by atoms with E-state index < -0.39 is 23.8 Å². The highest BCUT2D eigenvalue weighted by Crippen LogP contribution is 2.34. The average molecular weight is 460 g/mol. The maximum absolute atomic E-state index is 13.6. The van der Waals surface area contributed by atoms with Crippen LogP contribution in [0.15, 0.2) is 24.3 Å². The Labute approximate surface area is 198 Å². The first-order valence-corrected chi connectivity index (χ1v) is 12.2. The molecule has 1 aliphatic rings. The van der Waals surface area contributed by atoms with Crippen LogP contribution in [0.1, 0.15) is 90.3 Å². The summed E-state index contributed by atoms with van der Waals surface area (Å²) in [6.45, 7) is 11.6. The summed E-state index contributed by atoms with van der Waals surface area (Å²) in [5, 5.41) is 5.69. The molecule has 0 saturated heterocycles. The van der Waals surface area contributed by atoms with Crippen LogP contribution in [-0.4, -0.2) is 47.0 Å². The van der Waals surface area contributed by atoms with Gasteiger partial charge in [0.15, 0.2) is 0 Å². The van der Waals surface area contributed by atoms with Gasteiger partial charge in [-0.1, -0.05) is 49.6 Å². The van der Waals surface area contributed by atoms with E-state index in [1.54, 1.807) is 32.6 Å². The molecule has 1 aromatic carbocycles. The fraction of sp³-hybridized carbons (Fsp3) is 0.654. The minimum Gasteiger partial charge on any atom is -0.444 e. The minimum absolute atomic E-state index is 0.0349. The van der Waals surface area contributed by atoms with Crippen molar-refractivity contribution in [2.24, 2.45) is 0 Å². The van der Waals surface area contributed by atoms with Crippen molar-refractivity contribution in [2.45, 2.75) is 104 Å². The smallest absolute Gasteiger partial charge is 0.408 e. The Hall–Kier alpha value is -2.57. The van der Waals surface area contributed by atoms with Gasteiger partial charge in [-0.05, 0) is 65.9 Å². The van der Waals surface area contributed by atoms with E-state index in [9.17, 15) is 14.4 Å². The van der Waals surface area contributed by atoms with Gasteiger partial charge >= 0.3 is 6.09 Å². The van der Waals surface area contributed by atoms with Gasteiger partial charge in [-0.15, -0.1) is 0 Å². The lowest BCUT2D eigenvalue weighted by molar-refractivity contribution is -0.147. The van der Waals surface area contributed by atoms with Crippen LogP contribution in [-0.2, 0) is 14.3 Å². The van der Waals surface area contributed by atoms with Gasteiger partial charge in [0.05, 0.1) is 0 Å². The van der Waals surface area contributed by atoms with Crippen LogP contribution in [0.5, 0.6) is 0 Å². The minimum atomic E-state index is -0.819. The van der Waals surface area contributed by atoms with Crippen LogP contribution in [0.3, 0.4) is 0 Å². The molecule has 0 spiro atoms. The molecule has 1 aromatic rings. The number of nitrogens with one attached hydrogen (secondary N) is 2. The Morgan fingerprint density at radius 3 is 2.42 bits per heavy atom. The molecule has 2 N–H and O–H groups in total. The molecule has 0 aromatic heterocycles. The zero-order valence-corrected chi connectivity index (χ0v) is 21.1. The second-order valence-corrected chi connectivity index (χ2v) is 10.0. The van der Waals surface area contributed by atoms with Crippen LogP contribution in [0, 0.1) is 6.92 Å². The summed E-state index contributed by atoms with van der Waals surface area (Å²) >= 11 is 0. The predicted octanol–water partition coefficient (Wildman–Crippen LogP) is 4.64. The van der Waals surface area contributed by atoms with Crippen LogP contribution < -0.4 is 10.6 Å². The monoisotopic (exact) mass is 459 g/mol. The molecule has 0 heterocycles. The first kappa shape index (κ1) is 26.7.